The molecular formula is C23H24N4O5S. The molecular weight excluding hydrogens is 444 g/mol. The van der Waals surface area contributed by atoms with Crippen LogP contribution in [-0.2, 0) is 4.79 Å². The quantitative estimate of drug-likeness (QED) is 0.518. The van der Waals surface area contributed by atoms with Crippen LogP contribution in [0, 0.1) is 5.92 Å². The maximum Gasteiger partial charge on any atom is 0.255 e. The summed E-state index contributed by atoms with van der Waals surface area (Å²) in [5, 5.41) is 14.9. The first kappa shape index (κ1) is 22.5. The van der Waals surface area contributed by atoms with Gasteiger partial charge in [0.25, 0.3) is 5.91 Å². The number of aromatic nitrogens is 2. The van der Waals surface area contributed by atoms with Gasteiger partial charge in [-0.1, -0.05) is 43.7 Å². The largest absolute Gasteiger partial charge is 0.496 e. The summed E-state index contributed by atoms with van der Waals surface area (Å²) in [5.74, 6) is 0.913. The van der Waals surface area contributed by atoms with E-state index in [1.807, 2.05) is 32.0 Å². The number of methoxy groups -OCH3 is 1. The Morgan fingerprint density at radius 3 is 2.73 bits per heavy atom. The highest BCUT2D eigenvalue weighted by molar-refractivity contribution is 7.18. The molecule has 0 aliphatic carbocycles. The molecule has 172 valence electrons. The lowest BCUT2D eigenvalue weighted by Gasteiger charge is -2.23. The molecule has 0 radical (unpaired) electrons. The Bertz CT molecular complexity index is 1170. The maximum atomic E-state index is 13.1. The van der Waals surface area contributed by atoms with E-state index >= 15 is 0 Å². The molecule has 0 spiro atoms. The lowest BCUT2D eigenvalue weighted by molar-refractivity contribution is -0.119. The fourth-order valence-corrected chi connectivity index (χ4v) is 4.10. The molecule has 0 saturated carbocycles. The summed E-state index contributed by atoms with van der Waals surface area (Å²) in [5.41, 5.74) is 1.17. The van der Waals surface area contributed by atoms with Crippen molar-refractivity contribution in [1.82, 2.24) is 15.5 Å². The summed E-state index contributed by atoms with van der Waals surface area (Å²) >= 11 is 1.23. The van der Waals surface area contributed by atoms with Crippen LogP contribution in [0.25, 0.3) is 10.6 Å². The van der Waals surface area contributed by atoms with Crippen molar-refractivity contribution in [1.29, 1.82) is 0 Å². The fourth-order valence-electron chi connectivity index (χ4n) is 3.36. The van der Waals surface area contributed by atoms with E-state index in [0.29, 0.717) is 39.4 Å². The summed E-state index contributed by atoms with van der Waals surface area (Å²) < 4.78 is 16.0. The molecule has 1 aliphatic rings. The Kier molecular flexibility index (Phi) is 6.74. The van der Waals surface area contributed by atoms with Crippen LogP contribution in [0.5, 0.6) is 17.2 Å². The first-order valence-corrected chi connectivity index (χ1v) is 11.3. The van der Waals surface area contributed by atoms with Crippen LogP contribution in [0.15, 0.2) is 42.5 Å². The Labute approximate surface area is 195 Å². The molecule has 10 heteroatoms. The van der Waals surface area contributed by atoms with Crippen molar-refractivity contribution in [2.24, 2.45) is 5.92 Å². The van der Waals surface area contributed by atoms with Gasteiger partial charge in [-0.15, -0.1) is 10.2 Å². The van der Waals surface area contributed by atoms with Gasteiger partial charge in [-0.05, 0) is 36.2 Å². The van der Waals surface area contributed by atoms with Gasteiger partial charge >= 0.3 is 0 Å². The maximum absolute atomic E-state index is 13.1. The smallest absolute Gasteiger partial charge is 0.255 e. The molecule has 2 aromatic carbocycles. The Morgan fingerprint density at radius 2 is 1.94 bits per heavy atom. The van der Waals surface area contributed by atoms with Crippen molar-refractivity contribution in [2.75, 3.05) is 19.2 Å². The number of amides is 2. The highest BCUT2D eigenvalue weighted by atomic mass is 32.1. The van der Waals surface area contributed by atoms with Gasteiger partial charge in [-0.2, -0.15) is 0 Å². The SMILES string of the molecule is CCC(C)C(NC(=O)c1ccccc1OC)C(=O)Nc1nnc(-c2ccc3c(c2)OCO3)s1. The molecule has 2 atom stereocenters. The van der Waals surface area contributed by atoms with Gasteiger partial charge in [-0.25, -0.2) is 0 Å². The van der Waals surface area contributed by atoms with Gasteiger partial charge in [0.15, 0.2) is 11.5 Å². The average molecular weight is 469 g/mol. The fraction of sp³-hybridized carbons (Fsp3) is 0.304. The second-order valence-electron chi connectivity index (χ2n) is 7.51. The number of hydrogen-bond acceptors (Lipinski definition) is 8. The lowest BCUT2D eigenvalue weighted by atomic mass is 9.98. The average Bonchev–Trinajstić information content (AvgIpc) is 3.50. The monoisotopic (exact) mass is 468 g/mol. The van der Waals surface area contributed by atoms with E-state index in [4.69, 9.17) is 14.2 Å². The first-order chi connectivity index (χ1) is 16.0. The number of ether oxygens (including phenoxy) is 3. The van der Waals surface area contributed by atoms with Crippen LogP contribution in [-0.4, -0.2) is 42.0 Å². The topological polar surface area (TPSA) is 112 Å². The van der Waals surface area contributed by atoms with E-state index in [2.05, 4.69) is 20.8 Å². The predicted molar refractivity (Wildman–Crippen MR) is 124 cm³/mol. The van der Waals surface area contributed by atoms with E-state index in [1.54, 1.807) is 24.3 Å². The molecule has 2 N–H and O–H groups in total. The summed E-state index contributed by atoms with van der Waals surface area (Å²) in [6, 6.07) is 11.6. The van der Waals surface area contributed by atoms with Crippen LogP contribution in [0.4, 0.5) is 5.13 Å². The van der Waals surface area contributed by atoms with Gasteiger partial charge in [0, 0.05) is 5.56 Å². The highest BCUT2D eigenvalue weighted by Gasteiger charge is 2.28. The molecule has 2 unspecified atom stereocenters. The van der Waals surface area contributed by atoms with Crippen molar-refractivity contribution in [3.63, 3.8) is 0 Å². The molecule has 2 heterocycles. The van der Waals surface area contributed by atoms with Gasteiger partial charge < -0.3 is 19.5 Å². The standard InChI is InChI=1S/C23H24N4O5S/c1-4-13(2)19(24-20(28)15-7-5-6-8-16(15)30-3)21(29)25-23-27-26-22(33-23)14-9-10-17-18(11-14)32-12-31-17/h5-11,13,19H,4,12H2,1-3H3,(H,24,28)(H,25,27,29). The van der Waals surface area contributed by atoms with Crippen LogP contribution in [0.2, 0.25) is 0 Å². The Hall–Kier alpha value is -3.66. The first-order valence-electron chi connectivity index (χ1n) is 10.5. The van der Waals surface area contributed by atoms with Crippen molar-refractivity contribution < 1.29 is 23.8 Å². The normalized spacial score (nSPS) is 13.8. The van der Waals surface area contributed by atoms with Crippen LogP contribution in [0.1, 0.15) is 30.6 Å². The number of hydrogen-bond donors (Lipinski definition) is 2. The van der Waals surface area contributed by atoms with E-state index in [-0.39, 0.29) is 24.5 Å². The van der Waals surface area contributed by atoms with E-state index in [1.165, 1.54) is 18.4 Å². The number of carbonyl (C=O) groups is 2. The van der Waals surface area contributed by atoms with Crippen molar-refractivity contribution >= 4 is 28.3 Å². The van der Waals surface area contributed by atoms with Gasteiger partial charge in [-0.3, -0.25) is 14.9 Å². The number of fused-ring (bicyclic) bond motifs is 1. The van der Waals surface area contributed by atoms with Crippen molar-refractivity contribution in [3.8, 4) is 27.8 Å². The molecule has 9 nitrogen and oxygen atoms in total. The lowest BCUT2D eigenvalue weighted by Crippen LogP contribution is -2.47. The molecule has 0 bridgehead atoms. The van der Waals surface area contributed by atoms with E-state index < -0.39 is 6.04 Å². The van der Waals surface area contributed by atoms with Crippen LogP contribution >= 0.6 is 11.3 Å². The second-order valence-corrected chi connectivity index (χ2v) is 8.48. The number of carbonyl (C=O) groups excluding carboxylic acids is 2. The van der Waals surface area contributed by atoms with Crippen LogP contribution < -0.4 is 24.8 Å². The van der Waals surface area contributed by atoms with Crippen molar-refractivity contribution in [2.45, 2.75) is 26.3 Å². The molecule has 1 aromatic heterocycles. The summed E-state index contributed by atoms with van der Waals surface area (Å²) in [6.07, 6.45) is 0.697. The molecule has 2 amide bonds. The summed E-state index contributed by atoms with van der Waals surface area (Å²) in [6.45, 7) is 4.06. The van der Waals surface area contributed by atoms with Crippen LogP contribution in [0.3, 0.4) is 0 Å². The minimum absolute atomic E-state index is 0.107. The predicted octanol–water partition coefficient (Wildman–Crippen LogP) is 3.73. The molecule has 3 aromatic rings. The molecule has 0 fully saturated rings. The number of anilines is 1. The molecule has 0 saturated heterocycles. The molecule has 1 aliphatic heterocycles. The number of para-hydroxylation sites is 1. The summed E-state index contributed by atoms with van der Waals surface area (Å²) in [4.78, 5) is 26.0. The third-order valence-electron chi connectivity index (χ3n) is 5.41. The van der Waals surface area contributed by atoms with E-state index in [9.17, 15) is 9.59 Å². The number of nitrogens with one attached hydrogen (secondary N) is 2. The molecule has 33 heavy (non-hydrogen) atoms. The summed E-state index contributed by atoms with van der Waals surface area (Å²) in [7, 11) is 1.50. The van der Waals surface area contributed by atoms with Gasteiger partial charge in [0.05, 0.1) is 12.7 Å². The third-order valence-corrected chi connectivity index (χ3v) is 6.30. The molecule has 4 rings (SSSR count). The number of benzene rings is 2. The van der Waals surface area contributed by atoms with Crippen molar-refractivity contribution in [3.05, 3.63) is 48.0 Å². The van der Waals surface area contributed by atoms with E-state index in [0.717, 1.165) is 5.56 Å². The minimum atomic E-state index is -0.759. The second kappa shape index (κ2) is 9.86. The zero-order valence-electron chi connectivity index (χ0n) is 18.5. The van der Waals surface area contributed by atoms with Gasteiger partial charge in [0.2, 0.25) is 17.8 Å². The minimum Gasteiger partial charge on any atom is -0.496 e. The number of nitrogens with zero attached hydrogens (tertiary/aromatic N) is 2. The Balaban J connectivity index is 1.48. The highest BCUT2D eigenvalue weighted by Crippen LogP contribution is 2.37. The Morgan fingerprint density at radius 1 is 1.15 bits per heavy atom. The third kappa shape index (κ3) is 4.90. The zero-order valence-corrected chi connectivity index (χ0v) is 19.3. The zero-order chi connectivity index (χ0) is 23.4. The van der Waals surface area contributed by atoms with Gasteiger partial charge in [0.1, 0.15) is 16.8 Å². The number of rotatable bonds is 8.